The van der Waals surface area contributed by atoms with E-state index in [2.05, 4.69) is 0 Å². The molecule has 32 heavy (non-hydrogen) atoms. The Morgan fingerprint density at radius 1 is 0.844 bits per heavy atom. The molecule has 3 aromatic carbocycles. The normalized spacial score (nSPS) is 24.7. The van der Waals surface area contributed by atoms with Gasteiger partial charge in [0.2, 0.25) is 5.91 Å². The summed E-state index contributed by atoms with van der Waals surface area (Å²) < 4.78 is 50.0. The highest BCUT2D eigenvalue weighted by Gasteiger charge is 2.80. The van der Waals surface area contributed by atoms with Crippen molar-refractivity contribution in [2.75, 3.05) is 4.90 Å². The lowest BCUT2D eigenvalue weighted by atomic mass is 9.64. The largest absolute Gasteiger partial charge is 0.443 e. The van der Waals surface area contributed by atoms with Crippen molar-refractivity contribution in [2.45, 2.75) is 30.2 Å². The van der Waals surface area contributed by atoms with Crippen molar-refractivity contribution in [3.63, 3.8) is 0 Å². The minimum Gasteiger partial charge on any atom is -0.443 e. The van der Waals surface area contributed by atoms with E-state index in [1.165, 1.54) is 35.2 Å². The summed E-state index contributed by atoms with van der Waals surface area (Å²) in [6.45, 7) is 0.0787. The number of para-hydroxylation sites is 1. The van der Waals surface area contributed by atoms with Gasteiger partial charge in [0.15, 0.2) is 0 Å². The van der Waals surface area contributed by atoms with Crippen LogP contribution in [0.5, 0.6) is 0 Å². The average Bonchev–Trinajstić information content (AvgIpc) is 3.24. The minimum absolute atomic E-state index is 0.0787. The van der Waals surface area contributed by atoms with Gasteiger partial charge in [-0.1, -0.05) is 78.9 Å². The van der Waals surface area contributed by atoms with E-state index in [-0.39, 0.29) is 17.7 Å². The van der Waals surface area contributed by atoms with Gasteiger partial charge in [0.1, 0.15) is 5.41 Å². The lowest BCUT2D eigenvalue weighted by Crippen LogP contribution is -2.60. The van der Waals surface area contributed by atoms with E-state index < -0.39 is 35.5 Å². The molecule has 1 spiro atoms. The third-order valence-electron chi connectivity index (χ3n) is 6.31. The average molecular weight is 437 g/mol. The first kappa shape index (κ1) is 20.3. The van der Waals surface area contributed by atoms with Gasteiger partial charge in [0, 0.05) is 11.3 Å². The predicted molar refractivity (Wildman–Crippen MR) is 111 cm³/mol. The lowest BCUT2D eigenvalue weighted by Gasteiger charge is -2.41. The van der Waals surface area contributed by atoms with Gasteiger partial charge in [-0.3, -0.25) is 9.59 Å². The standard InChI is InChI=1S/C25H18F3NO3/c26-25(27,28)24(18-11-5-2-6-12-18)23(15-21(30)32-24)19-13-7-8-14-20(19)29(22(23)31)16-17-9-3-1-4-10-17/h1-14H,15-16H2/t23-,24-/m0/s1. The number of cyclic esters (lactones) is 1. The van der Waals surface area contributed by atoms with Gasteiger partial charge >= 0.3 is 12.1 Å². The third kappa shape index (κ3) is 2.57. The maximum absolute atomic E-state index is 14.9. The zero-order valence-corrected chi connectivity index (χ0v) is 16.8. The zero-order chi connectivity index (χ0) is 22.6. The number of rotatable bonds is 3. The Labute approximate surface area is 182 Å². The highest BCUT2D eigenvalue weighted by Crippen LogP contribution is 2.64. The molecular weight excluding hydrogens is 419 g/mol. The maximum atomic E-state index is 14.9. The van der Waals surface area contributed by atoms with Crippen LogP contribution < -0.4 is 4.90 Å². The highest BCUT2D eigenvalue weighted by atomic mass is 19.4. The number of anilines is 1. The Kier molecular flexibility index (Phi) is 4.41. The Morgan fingerprint density at radius 3 is 2.09 bits per heavy atom. The van der Waals surface area contributed by atoms with Crippen LogP contribution in [0, 0.1) is 0 Å². The van der Waals surface area contributed by atoms with Crippen LogP contribution in [0.4, 0.5) is 18.9 Å². The van der Waals surface area contributed by atoms with Gasteiger partial charge in [-0.15, -0.1) is 0 Å². The monoisotopic (exact) mass is 437 g/mol. The van der Waals surface area contributed by atoms with Crippen LogP contribution in [0.15, 0.2) is 84.9 Å². The molecule has 0 saturated carbocycles. The van der Waals surface area contributed by atoms with Crippen LogP contribution in [0.25, 0.3) is 0 Å². The van der Waals surface area contributed by atoms with Crippen molar-refractivity contribution in [3.8, 4) is 0 Å². The summed E-state index contributed by atoms with van der Waals surface area (Å²) in [6.07, 6.45) is -5.73. The second kappa shape index (κ2) is 6.95. The number of hydrogen-bond acceptors (Lipinski definition) is 3. The number of benzene rings is 3. The smallest absolute Gasteiger partial charge is 0.434 e. The number of nitrogens with zero attached hydrogens (tertiary/aromatic N) is 1. The number of carbonyl (C=O) groups is 2. The van der Waals surface area contributed by atoms with Crippen molar-refractivity contribution in [3.05, 3.63) is 102 Å². The lowest BCUT2D eigenvalue weighted by molar-refractivity contribution is -0.279. The first-order chi connectivity index (χ1) is 15.3. The van der Waals surface area contributed by atoms with Crippen LogP contribution in [-0.2, 0) is 31.9 Å². The van der Waals surface area contributed by atoms with Crippen molar-refractivity contribution < 1.29 is 27.5 Å². The zero-order valence-electron chi connectivity index (χ0n) is 16.8. The number of hydrogen-bond donors (Lipinski definition) is 0. The summed E-state index contributed by atoms with van der Waals surface area (Å²) in [5, 5.41) is 0. The molecule has 0 bridgehead atoms. The minimum atomic E-state index is -5.04. The van der Waals surface area contributed by atoms with Crippen molar-refractivity contribution in [1.29, 1.82) is 0 Å². The second-order valence-electron chi connectivity index (χ2n) is 8.00. The fourth-order valence-electron chi connectivity index (χ4n) is 5.04. The number of esters is 1. The summed E-state index contributed by atoms with van der Waals surface area (Å²) in [5.41, 5.74) is -4.40. The van der Waals surface area contributed by atoms with Gasteiger partial charge in [-0.25, -0.2) is 0 Å². The molecule has 4 nitrogen and oxygen atoms in total. The van der Waals surface area contributed by atoms with E-state index in [0.717, 1.165) is 5.56 Å². The molecule has 1 fully saturated rings. The van der Waals surface area contributed by atoms with Crippen molar-refractivity contribution in [2.24, 2.45) is 0 Å². The molecule has 7 heteroatoms. The molecule has 2 atom stereocenters. The van der Waals surface area contributed by atoms with E-state index in [1.807, 2.05) is 6.07 Å². The number of carbonyl (C=O) groups excluding carboxylic acids is 2. The van der Waals surface area contributed by atoms with Crippen molar-refractivity contribution in [1.82, 2.24) is 0 Å². The summed E-state index contributed by atoms with van der Waals surface area (Å²) in [5.74, 6) is -1.86. The fourth-order valence-corrected chi connectivity index (χ4v) is 5.04. The summed E-state index contributed by atoms with van der Waals surface area (Å²) >= 11 is 0. The Morgan fingerprint density at radius 2 is 1.44 bits per heavy atom. The van der Waals surface area contributed by atoms with Gasteiger partial charge < -0.3 is 9.64 Å². The second-order valence-corrected chi connectivity index (χ2v) is 8.00. The van der Waals surface area contributed by atoms with Crippen LogP contribution in [0.2, 0.25) is 0 Å². The summed E-state index contributed by atoms with van der Waals surface area (Å²) in [4.78, 5) is 27.9. The SMILES string of the molecule is O=C1C[C@]2(C(=O)N(Cc3ccccc3)c3ccccc32)[C@@](c2ccccc2)(C(F)(F)F)O1. The molecule has 1 amide bonds. The number of amides is 1. The van der Waals surface area contributed by atoms with E-state index in [9.17, 15) is 22.8 Å². The van der Waals surface area contributed by atoms with Crippen molar-refractivity contribution >= 4 is 17.6 Å². The van der Waals surface area contributed by atoms with E-state index in [1.54, 1.807) is 48.5 Å². The number of ether oxygens (including phenoxy) is 1. The Balaban J connectivity index is 1.78. The first-order valence-corrected chi connectivity index (χ1v) is 10.1. The summed E-state index contributed by atoms with van der Waals surface area (Å²) in [7, 11) is 0. The molecule has 0 N–H and O–H groups in total. The fraction of sp³-hybridized carbons (Fsp3) is 0.200. The van der Waals surface area contributed by atoms with Gasteiger partial charge in [-0.05, 0) is 17.2 Å². The predicted octanol–water partition coefficient (Wildman–Crippen LogP) is 4.88. The number of alkyl halides is 3. The topological polar surface area (TPSA) is 46.6 Å². The Hall–Kier alpha value is -3.61. The maximum Gasteiger partial charge on any atom is 0.434 e. The van der Waals surface area contributed by atoms with Crippen LogP contribution in [0.3, 0.4) is 0 Å². The molecule has 2 aliphatic rings. The number of fused-ring (bicyclic) bond motifs is 2. The molecule has 1 saturated heterocycles. The molecule has 2 heterocycles. The molecule has 0 radical (unpaired) electrons. The third-order valence-corrected chi connectivity index (χ3v) is 6.31. The molecule has 2 aliphatic heterocycles. The van der Waals surface area contributed by atoms with Gasteiger partial charge in [-0.2, -0.15) is 13.2 Å². The van der Waals surface area contributed by atoms with E-state index >= 15 is 0 Å². The van der Waals surface area contributed by atoms with E-state index in [0.29, 0.717) is 5.69 Å². The van der Waals surface area contributed by atoms with Crippen LogP contribution in [-0.4, -0.2) is 18.1 Å². The van der Waals surface area contributed by atoms with Crippen LogP contribution in [0.1, 0.15) is 23.1 Å². The molecule has 0 unspecified atom stereocenters. The van der Waals surface area contributed by atoms with Gasteiger partial charge in [0.05, 0.1) is 13.0 Å². The molecular formula is C25H18F3NO3. The molecule has 3 aromatic rings. The molecule has 0 aliphatic carbocycles. The Bertz CT molecular complexity index is 1200. The summed E-state index contributed by atoms with van der Waals surface area (Å²) in [6, 6.07) is 22.3. The molecule has 0 aromatic heterocycles. The van der Waals surface area contributed by atoms with E-state index in [4.69, 9.17) is 4.74 Å². The molecule has 5 rings (SSSR count). The number of halogens is 3. The highest BCUT2D eigenvalue weighted by molar-refractivity contribution is 6.12. The van der Waals surface area contributed by atoms with Gasteiger partial charge in [0.25, 0.3) is 5.60 Å². The molecule has 162 valence electrons. The quantitative estimate of drug-likeness (QED) is 0.549. The van der Waals surface area contributed by atoms with Crippen LogP contribution >= 0.6 is 0 Å². The first-order valence-electron chi connectivity index (χ1n) is 10.1.